The summed E-state index contributed by atoms with van der Waals surface area (Å²) in [6.07, 6.45) is 0. The molecule has 0 aliphatic carbocycles. The van der Waals surface area contributed by atoms with Gasteiger partial charge in [0.1, 0.15) is 4.88 Å². The molecule has 5 heteroatoms. The summed E-state index contributed by atoms with van der Waals surface area (Å²) >= 11 is 1.31. The van der Waals surface area contributed by atoms with E-state index in [9.17, 15) is 9.59 Å². The summed E-state index contributed by atoms with van der Waals surface area (Å²) < 4.78 is 5.06. The van der Waals surface area contributed by atoms with Gasteiger partial charge in [0.05, 0.1) is 0 Å². The van der Waals surface area contributed by atoms with Gasteiger partial charge in [-0.25, -0.2) is 4.79 Å². The third-order valence-electron chi connectivity index (χ3n) is 3.24. The Kier molecular flexibility index (Phi) is 5.33. The quantitative estimate of drug-likeness (QED) is 0.849. The minimum absolute atomic E-state index is 0.289. The molecule has 1 heterocycles. The number of anilines is 1. The molecule has 0 spiro atoms. The topological polar surface area (TPSA) is 55.4 Å². The number of ether oxygens (including phenoxy) is 1. The number of para-hydroxylation sites is 1. The summed E-state index contributed by atoms with van der Waals surface area (Å²) in [4.78, 5) is 24.4. The Morgan fingerprint density at radius 2 is 1.95 bits per heavy atom. The summed E-state index contributed by atoms with van der Waals surface area (Å²) in [6, 6.07) is 9.47. The maximum Gasteiger partial charge on any atom is 0.349 e. The van der Waals surface area contributed by atoms with Crippen LogP contribution in [-0.2, 0) is 9.53 Å². The molecule has 4 nitrogen and oxygen atoms in total. The van der Waals surface area contributed by atoms with Gasteiger partial charge in [-0.1, -0.05) is 32.0 Å². The molecule has 1 amide bonds. The highest BCUT2D eigenvalue weighted by molar-refractivity contribution is 7.12. The predicted molar refractivity (Wildman–Crippen MR) is 88.5 cm³/mol. The van der Waals surface area contributed by atoms with Gasteiger partial charge in [0.25, 0.3) is 5.91 Å². The molecule has 0 radical (unpaired) electrons. The van der Waals surface area contributed by atoms with Crippen LogP contribution in [0.1, 0.15) is 40.6 Å². The lowest BCUT2D eigenvalue weighted by atomic mass is 10.0. The minimum atomic E-state index is -0.459. The van der Waals surface area contributed by atoms with Gasteiger partial charge in [-0.15, -0.1) is 11.3 Å². The molecule has 0 fully saturated rings. The van der Waals surface area contributed by atoms with Crippen LogP contribution in [0.3, 0.4) is 0 Å². The molecular formula is C17H19NO3S. The monoisotopic (exact) mass is 317 g/mol. The van der Waals surface area contributed by atoms with Crippen molar-refractivity contribution in [1.82, 2.24) is 0 Å². The van der Waals surface area contributed by atoms with Crippen molar-refractivity contribution < 1.29 is 14.3 Å². The summed E-state index contributed by atoms with van der Waals surface area (Å²) in [5, 5.41) is 4.62. The van der Waals surface area contributed by atoms with Crippen LogP contribution in [0.2, 0.25) is 0 Å². The molecule has 22 heavy (non-hydrogen) atoms. The van der Waals surface area contributed by atoms with Crippen LogP contribution >= 0.6 is 11.3 Å². The van der Waals surface area contributed by atoms with E-state index in [-0.39, 0.29) is 12.5 Å². The first-order valence-electron chi connectivity index (χ1n) is 7.09. The van der Waals surface area contributed by atoms with Crippen molar-refractivity contribution in [2.75, 3.05) is 11.9 Å². The number of esters is 1. The zero-order valence-corrected chi connectivity index (χ0v) is 13.7. The second kappa shape index (κ2) is 7.22. The van der Waals surface area contributed by atoms with Crippen molar-refractivity contribution in [3.63, 3.8) is 0 Å². The summed E-state index contributed by atoms with van der Waals surface area (Å²) in [6.45, 7) is 5.67. The first-order valence-corrected chi connectivity index (χ1v) is 7.97. The second-order valence-corrected chi connectivity index (χ2v) is 6.22. The Balaban J connectivity index is 1.94. The molecule has 2 aromatic rings. The highest BCUT2D eigenvalue weighted by Crippen LogP contribution is 2.23. The SMILES string of the molecule is Cc1ccsc1C(=O)OCC(=O)Nc1ccccc1C(C)C. The molecule has 1 aromatic carbocycles. The van der Waals surface area contributed by atoms with Gasteiger partial charge >= 0.3 is 5.97 Å². The number of aryl methyl sites for hydroxylation is 1. The fourth-order valence-corrected chi connectivity index (χ4v) is 2.90. The van der Waals surface area contributed by atoms with E-state index in [4.69, 9.17) is 4.74 Å². The molecule has 0 aliphatic rings. The van der Waals surface area contributed by atoms with Gasteiger partial charge in [-0.05, 0) is 41.5 Å². The highest BCUT2D eigenvalue weighted by atomic mass is 32.1. The van der Waals surface area contributed by atoms with Crippen LogP contribution in [0, 0.1) is 6.92 Å². The van der Waals surface area contributed by atoms with Crippen molar-refractivity contribution in [2.45, 2.75) is 26.7 Å². The molecule has 1 aromatic heterocycles. The van der Waals surface area contributed by atoms with Crippen LogP contribution in [0.5, 0.6) is 0 Å². The van der Waals surface area contributed by atoms with Crippen LogP contribution in [-0.4, -0.2) is 18.5 Å². The fraction of sp³-hybridized carbons (Fsp3) is 0.294. The van der Waals surface area contributed by atoms with Gasteiger partial charge in [-0.2, -0.15) is 0 Å². The Morgan fingerprint density at radius 3 is 2.59 bits per heavy atom. The smallest absolute Gasteiger partial charge is 0.349 e. The van der Waals surface area contributed by atoms with Gasteiger partial charge in [0.2, 0.25) is 0 Å². The second-order valence-electron chi connectivity index (χ2n) is 5.30. The van der Waals surface area contributed by atoms with Crippen molar-refractivity contribution in [2.24, 2.45) is 0 Å². The lowest BCUT2D eigenvalue weighted by molar-refractivity contribution is -0.119. The van der Waals surface area contributed by atoms with Crippen molar-refractivity contribution in [3.8, 4) is 0 Å². The van der Waals surface area contributed by atoms with E-state index in [0.717, 1.165) is 16.8 Å². The zero-order valence-electron chi connectivity index (χ0n) is 12.9. The average Bonchev–Trinajstić information content (AvgIpc) is 2.91. The van der Waals surface area contributed by atoms with Gasteiger partial charge in [0, 0.05) is 5.69 Å². The molecular weight excluding hydrogens is 298 g/mol. The van der Waals surface area contributed by atoms with E-state index in [1.165, 1.54) is 11.3 Å². The largest absolute Gasteiger partial charge is 0.451 e. The normalized spacial score (nSPS) is 10.5. The predicted octanol–water partition coefficient (Wildman–Crippen LogP) is 3.98. The molecule has 0 atom stereocenters. The molecule has 0 unspecified atom stereocenters. The van der Waals surface area contributed by atoms with Crippen molar-refractivity contribution >= 4 is 28.9 Å². The number of carbonyl (C=O) groups excluding carboxylic acids is 2. The van der Waals surface area contributed by atoms with Crippen LogP contribution in [0.15, 0.2) is 35.7 Å². The number of hydrogen-bond acceptors (Lipinski definition) is 4. The summed E-state index contributed by atoms with van der Waals surface area (Å²) in [5.74, 6) is -0.497. The zero-order chi connectivity index (χ0) is 16.1. The number of amides is 1. The molecule has 0 bridgehead atoms. The number of thiophene rings is 1. The first-order chi connectivity index (χ1) is 10.5. The van der Waals surface area contributed by atoms with Crippen LogP contribution in [0.4, 0.5) is 5.69 Å². The Hall–Kier alpha value is -2.14. The molecule has 0 saturated heterocycles. The number of nitrogens with one attached hydrogen (secondary N) is 1. The number of benzene rings is 1. The highest BCUT2D eigenvalue weighted by Gasteiger charge is 2.15. The van der Waals surface area contributed by atoms with Gasteiger partial charge in [0.15, 0.2) is 6.61 Å². The van der Waals surface area contributed by atoms with E-state index in [1.54, 1.807) is 0 Å². The third-order valence-corrected chi connectivity index (χ3v) is 4.24. The number of hydrogen-bond donors (Lipinski definition) is 1. The Labute approximate surface area is 134 Å². The summed E-state index contributed by atoms with van der Waals surface area (Å²) in [5.41, 5.74) is 2.67. The standard InChI is InChI=1S/C17H19NO3S/c1-11(2)13-6-4-5-7-14(13)18-15(19)10-21-17(20)16-12(3)8-9-22-16/h4-9,11H,10H2,1-3H3,(H,18,19). The van der Waals surface area contributed by atoms with E-state index in [0.29, 0.717) is 10.8 Å². The Bertz CT molecular complexity index is 676. The molecule has 116 valence electrons. The molecule has 0 saturated carbocycles. The van der Waals surface area contributed by atoms with Crippen LogP contribution < -0.4 is 5.32 Å². The average molecular weight is 317 g/mol. The number of rotatable bonds is 5. The summed E-state index contributed by atoms with van der Waals surface area (Å²) in [7, 11) is 0. The van der Waals surface area contributed by atoms with Crippen molar-refractivity contribution in [3.05, 3.63) is 51.7 Å². The van der Waals surface area contributed by atoms with Gasteiger partial charge < -0.3 is 10.1 Å². The van der Waals surface area contributed by atoms with Gasteiger partial charge in [-0.3, -0.25) is 4.79 Å². The van der Waals surface area contributed by atoms with Crippen LogP contribution in [0.25, 0.3) is 0 Å². The van der Waals surface area contributed by atoms with E-state index < -0.39 is 5.97 Å². The van der Waals surface area contributed by atoms with E-state index in [1.807, 2.05) is 42.6 Å². The van der Waals surface area contributed by atoms with Crippen molar-refractivity contribution in [1.29, 1.82) is 0 Å². The molecule has 1 N–H and O–H groups in total. The number of carbonyl (C=O) groups is 2. The fourth-order valence-electron chi connectivity index (χ4n) is 2.08. The maximum absolute atomic E-state index is 12.0. The lowest BCUT2D eigenvalue weighted by Gasteiger charge is -2.13. The van der Waals surface area contributed by atoms with E-state index in [2.05, 4.69) is 19.2 Å². The minimum Gasteiger partial charge on any atom is -0.451 e. The van der Waals surface area contributed by atoms with E-state index >= 15 is 0 Å². The maximum atomic E-state index is 12.0. The first kappa shape index (κ1) is 16.2. The third kappa shape index (κ3) is 3.95. The molecule has 2 rings (SSSR count). The lowest BCUT2D eigenvalue weighted by Crippen LogP contribution is -2.21. The Morgan fingerprint density at radius 1 is 1.23 bits per heavy atom. The molecule has 0 aliphatic heterocycles.